The molecule has 0 nitrogen and oxygen atoms in total. The average Bonchev–Trinajstić information content (AvgIpc) is 2.60. The van der Waals surface area contributed by atoms with Gasteiger partial charge in [0.25, 0.3) is 0 Å². The Labute approximate surface area is 97.9 Å². The van der Waals surface area contributed by atoms with Gasteiger partial charge in [-0.1, -0.05) is 32.3 Å². The molecule has 1 atom stereocenters. The third-order valence-corrected chi connectivity index (χ3v) is 2.86. The van der Waals surface area contributed by atoms with E-state index in [-0.39, 0.29) is 18.9 Å². The molecule has 0 aromatic heterocycles. The minimum absolute atomic E-state index is 0. The predicted octanol–water partition coefficient (Wildman–Crippen LogP) is 1.08. The van der Waals surface area contributed by atoms with Gasteiger partial charge in [0.05, 0.1) is 0 Å². The summed E-state index contributed by atoms with van der Waals surface area (Å²) in [6, 6.07) is 13.1. The first kappa shape index (κ1) is 11.5. The topological polar surface area (TPSA) is 0 Å². The van der Waals surface area contributed by atoms with E-state index in [1.54, 1.807) is 0 Å². The molecule has 68 valence electrons. The van der Waals surface area contributed by atoms with E-state index in [1.165, 1.54) is 22.8 Å². The molecule has 0 amide bonds. The van der Waals surface area contributed by atoms with Crippen molar-refractivity contribution in [2.75, 3.05) is 0 Å². The fourth-order valence-corrected chi connectivity index (χ4v) is 1.82. The van der Waals surface area contributed by atoms with Crippen LogP contribution in [0.5, 0.6) is 0 Å². The monoisotopic (exact) mass is 178 g/mol. The molecular weight excluding hydrogens is 163 g/mol. The van der Waals surface area contributed by atoms with E-state index in [0.717, 1.165) is 0 Å². The van der Waals surface area contributed by atoms with E-state index < -0.39 is 0 Å². The van der Waals surface area contributed by atoms with Gasteiger partial charge in [0.2, 0.25) is 0 Å². The van der Waals surface area contributed by atoms with Crippen molar-refractivity contribution in [1.82, 2.24) is 0 Å². The minimum atomic E-state index is 0. The molecule has 0 saturated heterocycles. The summed E-state index contributed by atoms with van der Waals surface area (Å²) in [6.07, 6.45) is 1.22. The Kier molecular flexibility index (Phi) is 3.93. The van der Waals surface area contributed by atoms with Gasteiger partial charge in [0, 0.05) is 0 Å². The van der Waals surface area contributed by atoms with Gasteiger partial charge in [0.1, 0.15) is 0 Å². The van der Waals surface area contributed by atoms with Gasteiger partial charge in [-0.25, -0.2) is 0 Å². The van der Waals surface area contributed by atoms with Gasteiger partial charge in [0.15, 0.2) is 0 Å². The first-order valence-electron chi connectivity index (χ1n) is 4.97. The Morgan fingerprint density at radius 3 is 2.64 bits per heavy atom. The maximum absolute atomic E-state index is 2.29. The van der Waals surface area contributed by atoms with Crippen LogP contribution in [-0.4, -0.2) is 0 Å². The van der Waals surface area contributed by atoms with Gasteiger partial charge in [-0.15, -0.1) is 40.6 Å². The van der Waals surface area contributed by atoms with Gasteiger partial charge in [-0.05, 0) is 0 Å². The Bertz CT molecular complexity index is 400. The third kappa shape index (κ3) is 1.92. The molecule has 1 heteroatoms. The van der Waals surface area contributed by atoms with E-state index >= 15 is 0 Å². The molecule has 0 spiro atoms. The summed E-state index contributed by atoms with van der Waals surface area (Å²) in [5.74, 6) is 0.680. The number of hydrogen-bond donors (Lipinski definition) is 0. The summed E-state index contributed by atoms with van der Waals surface area (Å²) in [7, 11) is 0. The Morgan fingerprint density at radius 2 is 1.93 bits per heavy atom. The quantitative estimate of drug-likeness (QED) is 0.477. The second-order valence-electron chi connectivity index (χ2n) is 3.69. The van der Waals surface area contributed by atoms with Crippen molar-refractivity contribution in [1.29, 1.82) is 0 Å². The van der Waals surface area contributed by atoms with Crippen LogP contribution in [0.3, 0.4) is 0 Å². The summed E-state index contributed by atoms with van der Waals surface area (Å²) < 4.78 is 0. The molecule has 0 N–H and O–H groups in total. The van der Waals surface area contributed by atoms with Crippen LogP contribution in [0.2, 0.25) is 0 Å². The molecular formula is C13H15Li. The van der Waals surface area contributed by atoms with Gasteiger partial charge in [-0.2, -0.15) is 6.07 Å². The van der Waals surface area contributed by atoms with E-state index in [2.05, 4.69) is 50.2 Å². The molecule has 0 aliphatic rings. The van der Waals surface area contributed by atoms with Crippen molar-refractivity contribution >= 4 is 10.8 Å². The average molecular weight is 178 g/mol. The number of rotatable bonds is 2. The van der Waals surface area contributed by atoms with Crippen LogP contribution in [-0.2, 0) is 0 Å². The molecule has 2 aromatic rings. The fourth-order valence-electron chi connectivity index (χ4n) is 1.82. The zero-order chi connectivity index (χ0) is 9.26. The molecule has 0 aliphatic heterocycles. The first-order chi connectivity index (χ1) is 6.33. The van der Waals surface area contributed by atoms with Crippen molar-refractivity contribution in [3.05, 3.63) is 42.0 Å². The number of hydrogen-bond acceptors (Lipinski definition) is 0. The smallest absolute Gasteiger partial charge is 0.168 e. The largest absolute Gasteiger partial charge is 1.00 e. The SMILES string of the molecule is CCC(C)[c-]1ccc2ccccc21.[Li+]. The molecule has 0 radical (unpaired) electrons. The van der Waals surface area contributed by atoms with Crippen LogP contribution >= 0.6 is 0 Å². The number of fused-ring (bicyclic) bond motifs is 1. The summed E-state index contributed by atoms with van der Waals surface area (Å²) in [5.41, 5.74) is 1.50. The van der Waals surface area contributed by atoms with Crippen LogP contribution < -0.4 is 18.9 Å². The maximum atomic E-state index is 2.29. The van der Waals surface area contributed by atoms with Crippen LogP contribution in [0.15, 0.2) is 36.4 Å². The third-order valence-electron chi connectivity index (χ3n) is 2.86. The second kappa shape index (κ2) is 4.78. The fraction of sp³-hybridized carbons (Fsp3) is 0.308. The molecule has 0 bridgehead atoms. The predicted molar refractivity (Wildman–Crippen MR) is 58.2 cm³/mol. The van der Waals surface area contributed by atoms with E-state index in [9.17, 15) is 0 Å². The van der Waals surface area contributed by atoms with E-state index in [4.69, 9.17) is 0 Å². The van der Waals surface area contributed by atoms with E-state index in [0.29, 0.717) is 5.92 Å². The van der Waals surface area contributed by atoms with Crippen molar-refractivity contribution in [3.63, 3.8) is 0 Å². The van der Waals surface area contributed by atoms with Gasteiger partial charge < -0.3 is 0 Å². The van der Waals surface area contributed by atoms with Crippen molar-refractivity contribution in [2.45, 2.75) is 26.2 Å². The Balaban J connectivity index is 0.000000980. The molecule has 1 unspecified atom stereocenters. The zero-order valence-corrected chi connectivity index (χ0v) is 9.25. The molecule has 2 aromatic carbocycles. The Hall–Kier alpha value is -0.573. The first-order valence-corrected chi connectivity index (χ1v) is 4.97. The minimum Gasteiger partial charge on any atom is -0.168 e. The van der Waals surface area contributed by atoms with E-state index in [1.807, 2.05) is 0 Å². The van der Waals surface area contributed by atoms with Crippen LogP contribution in [0.25, 0.3) is 10.8 Å². The molecule has 2 rings (SSSR count). The molecule has 14 heavy (non-hydrogen) atoms. The summed E-state index contributed by atoms with van der Waals surface area (Å²) in [4.78, 5) is 0. The molecule has 0 saturated carbocycles. The summed E-state index contributed by atoms with van der Waals surface area (Å²) >= 11 is 0. The molecule has 0 fully saturated rings. The van der Waals surface area contributed by atoms with Crippen LogP contribution in [0, 0.1) is 0 Å². The van der Waals surface area contributed by atoms with Gasteiger partial charge >= 0.3 is 18.9 Å². The molecule has 0 aliphatic carbocycles. The maximum Gasteiger partial charge on any atom is 1.00 e. The van der Waals surface area contributed by atoms with Crippen molar-refractivity contribution in [3.8, 4) is 0 Å². The van der Waals surface area contributed by atoms with Crippen molar-refractivity contribution in [2.24, 2.45) is 0 Å². The molecule has 0 heterocycles. The standard InChI is InChI=1S/C13H15.Li/c1-3-10(2)12-9-8-11-6-4-5-7-13(11)12;/h4-10H,3H2,1-2H3;/q-1;+1. The zero-order valence-electron chi connectivity index (χ0n) is 9.25. The van der Waals surface area contributed by atoms with Crippen molar-refractivity contribution < 1.29 is 18.9 Å². The summed E-state index contributed by atoms with van der Waals surface area (Å²) in [6.45, 7) is 4.54. The van der Waals surface area contributed by atoms with Gasteiger partial charge in [-0.3, -0.25) is 0 Å². The summed E-state index contributed by atoms with van der Waals surface area (Å²) in [5, 5.41) is 2.80. The van der Waals surface area contributed by atoms with Crippen LogP contribution in [0.1, 0.15) is 31.7 Å². The number of benzene rings is 1. The Morgan fingerprint density at radius 1 is 1.21 bits per heavy atom. The second-order valence-corrected chi connectivity index (χ2v) is 3.69. The van der Waals surface area contributed by atoms with Crippen LogP contribution in [0.4, 0.5) is 0 Å². The normalized spacial score (nSPS) is 12.4.